The van der Waals surface area contributed by atoms with Crippen molar-refractivity contribution in [1.29, 1.82) is 0 Å². The van der Waals surface area contributed by atoms with Gasteiger partial charge in [-0.3, -0.25) is 25.0 Å². The van der Waals surface area contributed by atoms with Crippen molar-refractivity contribution in [2.45, 2.75) is 6.32 Å². The number of rotatable bonds is 8. The molecule has 0 spiro atoms. The van der Waals surface area contributed by atoms with Gasteiger partial charge < -0.3 is 10.6 Å². The van der Waals surface area contributed by atoms with Gasteiger partial charge >= 0.3 is 0 Å². The molecular weight excluding hydrogens is 359 g/mol. The monoisotopic (exact) mass is 370 g/mol. The summed E-state index contributed by atoms with van der Waals surface area (Å²) in [6, 6.07) is 1.81. The molecule has 1 amide bonds. The third-order valence-corrected chi connectivity index (χ3v) is 3.20. The molecule has 11 heteroatoms. The molecule has 0 saturated carbocycles. The molecule has 22 heavy (non-hydrogen) atoms. The van der Waals surface area contributed by atoms with Crippen molar-refractivity contribution in [3.05, 3.63) is 37.9 Å². The van der Waals surface area contributed by atoms with Crippen molar-refractivity contribution in [3.8, 4) is 0 Å². The van der Waals surface area contributed by atoms with Crippen LogP contribution in [0.1, 0.15) is 10.4 Å². The molecule has 0 aliphatic heterocycles. The summed E-state index contributed by atoms with van der Waals surface area (Å²) in [7, 11) is 5.47. The highest BCUT2D eigenvalue weighted by Gasteiger charge is 2.29. The second-order valence-electron chi connectivity index (χ2n) is 4.20. The number of halogens is 1. The van der Waals surface area contributed by atoms with E-state index in [1.807, 2.05) is 0 Å². The molecule has 116 valence electrons. The molecule has 0 fully saturated rings. The predicted molar refractivity (Wildman–Crippen MR) is 84.8 cm³/mol. The van der Waals surface area contributed by atoms with Crippen LogP contribution < -0.4 is 10.6 Å². The molecule has 2 N–H and O–H groups in total. The highest BCUT2D eigenvalue weighted by atomic mass is 79.9. The minimum absolute atomic E-state index is 0.0642. The first-order valence-electron chi connectivity index (χ1n) is 6.11. The first kappa shape index (κ1) is 17.9. The van der Waals surface area contributed by atoms with Crippen LogP contribution in [-0.4, -0.2) is 42.0 Å². The van der Waals surface area contributed by atoms with E-state index in [0.717, 1.165) is 12.1 Å². The van der Waals surface area contributed by atoms with E-state index >= 15 is 0 Å². The summed E-state index contributed by atoms with van der Waals surface area (Å²) >= 11 is 3.21. The lowest BCUT2D eigenvalue weighted by molar-refractivity contribution is -0.393. The predicted octanol–water partition coefficient (Wildman–Crippen LogP) is 1.39. The van der Waals surface area contributed by atoms with E-state index in [1.54, 1.807) is 4.90 Å². The van der Waals surface area contributed by atoms with Gasteiger partial charge in [-0.25, -0.2) is 0 Å². The summed E-state index contributed by atoms with van der Waals surface area (Å²) in [4.78, 5) is 33.5. The summed E-state index contributed by atoms with van der Waals surface area (Å²) in [5.41, 5.74) is 3.63. The van der Waals surface area contributed by atoms with Crippen LogP contribution in [0.15, 0.2) is 12.1 Å². The Morgan fingerprint density at radius 3 is 2.23 bits per heavy atom. The molecule has 0 saturated heterocycles. The minimum Gasteiger partial charge on any atom is -0.366 e. The van der Waals surface area contributed by atoms with Gasteiger partial charge in [0.15, 0.2) is 0 Å². The molecule has 9 nitrogen and oxygen atoms in total. The zero-order chi connectivity index (χ0) is 16.9. The molecule has 1 rings (SSSR count). The zero-order valence-corrected chi connectivity index (χ0v) is 13.0. The number of primary amides is 1. The number of hydrogen-bond acceptors (Lipinski definition) is 6. The number of nitrogens with two attached hydrogens (primary N) is 1. The number of anilines is 1. The van der Waals surface area contributed by atoms with Crippen LogP contribution in [0.4, 0.5) is 17.1 Å². The van der Waals surface area contributed by atoms with Gasteiger partial charge in [-0.05, 0) is 6.07 Å². The highest BCUT2D eigenvalue weighted by Crippen LogP contribution is 2.35. The number of nitrogens with zero attached hydrogens (tertiary/aromatic N) is 3. The Morgan fingerprint density at radius 2 is 1.82 bits per heavy atom. The number of nitro benzene ring substituents is 2. The molecule has 1 aromatic rings. The number of alkyl halides is 1. The maximum atomic E-state index is 11.4. The molecule has 1 aromatic carbocycles. The lowest BCUT2D eigenvalue weighted by Crippen LogP contribution is -2.28. The van der Waals surface area contributed by atoms with Crippen LogP contribution >= 0.6 is 15.9 Å². The van der Waals surface area contributed by atoms with Crippen LogP contribution in [0, 0.1) is 20.2 Å². The van der Waals surface area contributed by atoms with Crippen molar-refractivity contribution in [1.82, 2.24) is 0 Å². The fourth-order valence-corrected chi connectivity index (χ4v) is 2.35. The van der Waals surface area contributed by atoms with E-state index in [0.29, 0.717) is 11.9 Å². The number of hydrogen-bond donors (Lipinski definition) is 1. The molecule has 2 radical (unpaired) electrons. The molecule has 0 aliphatic rings. The normalized spacial score (nSPS) is 10.2. The fourth-order valence-electron chi connectivity index (χ4n) is 1.92. The topological polar surface area (TPSA) is 133 Å². The summed E-state index contributed by atoms with van der Waals surface area (Å²) in [6.07, 6.45) is 0.215. The average Bonchev–Trinajstić information content (AvgIpc) is 2.45. The average molecular weight is 371 g/mol. The van der Waals surface area contributed by atoms with Crippen molar-refractivity contribution in [2.24, 2.45) is 5.73 Å². The number of benzene rings is 1. The maximum Gasteiger partial charge on any atom is 0.299 e. The largest absolute Gasteiger partial charge is 0.366 e. The molecule has 0 bridgehead atoms. The number of carbonyl (C=O) groups is 1. The number of amides is 1. The van der Waals surface area contributed by atoms with Gasteiger partial charge in [-0.2, -0.15) is 0 Å². The van der Waals surface area contributed by atoms with Gasteiger partial charge in [0.1, 0.15) is 11.3 Å². The Labute approximate surface area is 135 Å². The molecule has 0 unspecified atom stereocenters. The van der Waals surface area contributed by atoms with Crippen LogP contribution in [0.2, 0.25) is 6.32 Å². The molecule has 0 aromatic heterocycles. The highest BCUT2D eigenvalue weighted by molar-refractivity contribution is 9.09. The van der Waals surface area contributed by atoms with Crippen molar-refractivity contribution < 1.29 is 14.6 Å². The van der Waals surface area contributed by atoms with Gasteiger partial charge in [-0.15, -0.1) is 0 Å². The van der Waals surface area contributed by atoms with Crippen molar-refractivity contribution in [3.63, 3.8) is 0 Å². The van der Waals surface area contributed by atoms with Gasteiger partial charge in [0.25, 0.3) is 17.3 Å². The summed E-state index contributed by atoms with van der Waals surface area (Å²) in [5.74, 6) is -1.03. The lowest BCUT2D eigenvalue weighted by atomic mass is 10.0. The second-order valence-corrected chi connectivity index (χ2v) is 4.99. The van der Waals surface area contributed by atoms with E-state index in [9.17, 15) is 25.0 Å². The van der Waals surface area contributed by atoms with Crippen LogP contribution in [-0.2, 0) is 0 Å². The molecule has 0 atom stereocenters. The third kappa shape index (κ3) is 3.94. The SMILES string of the molecule is [B]CCN(CCBr)c1cc(C(N)=O)c([N+](=O)[O-])cc1[N+](=O)[O-]. The van der Waals surface area contributed by atoms with E-state index in [4.69, 9.17) is 13.6 Å². The van der Waals surface area contributed by atoms with Crippen LogP contribution in [0.5, 0.6) is 0 Å². The fraction of sp³-hybridized carbons (Fsp3) is 0.364. The smallest absolute Gasteiger partial charge is 0.299 e. The Morgan fingerprint density at radius 1 is 1.23 bits per heavy atom. The van der Waals surface area contributed by atoms with Crippen molar-refractivity contribution in [2.75, 3.05) is 23.3 Å². The summed E-state index contributed by atoms with van der Waals surface area (Å²) < 4.78 is 0. The van der Waals surface area contributed by atoms with Gasteiger partial charge in [0.2, 0.25) is 0 Å². The van der Waals surface area contributed by atoms with Gasteiger partial charge in [0.05, 0.1) is 23.8 Å². The summed E-state index contributed by atoms with van der Waals surface area (Å²) in [6.45, 7) is 0.649. The maximum absolute atomic E-state index is 11.4. The quantitative estimate of drug-likeness (QED) is 0.318. The van der Waals surface area contributed by atoms with Crippen LogP contribution in [0.3, 0.4) is 0 Å². The van der Waals surface area contributed by atoms with E-state index in [2.05, 4.69) is 15.9 Å². The summed E-state index contributed by atoms with van der Waals surface area (Å²) in [5, 5.41) is 22.6. The zero-order valence-electron chi connectivity index (χ0n) is 11.4. The first-order valence-corrected chi connectivity index (χ1v) is 7.23. The molecule has 0 heterocycles. The van der Waals surface area contributed by atoms with Gasteiger partial charge in [0, 0.05) is 18.4 Å². The van der Waals surface area contributed by atoms with E-state index in [1.165, 1.54) is 0 Å². The first-order chi connectivity index (χ1) is 10.3. The van der Waals surface area contributed by atoms with E-state index in [-0.39, 0.29) is 24.1 Å². The Kier molecular flexibility index (Phi) is 6.29. The number of nitro groups is 2. The van der Waals surface area contributed by atoms with E-state index < -0.39 is 27.1 Å². The van der Waals surface area contributed by atoms with Crippen LogP contribution in [0.25, 0.3) is 0 Å². The Balaban J connectivity index is 3.59. The third-order valence-electron chi connectivity index (χ3n) is 2.85. The lowest BCUT2D eigenvalue weighted by Gasteiger charge is -2.23. The molecular formula is C11H12BBrN4O5. The standard InChI is InChI=1S/C11H12BBrN4O5/c12-1-3-15(4-2-13)9-5-7(11(14)18)8(16(19)20)6-10(9)17(21)22/h5-6H,1-4H2,(H2,14,18). The Bertz CT molecular complexity index is 606. The number of carbonyl (C=O) groups excluding carboxylic acids is 1. The van der Waals surface area contributed by atoms with Gasteiger partial charge in [-0.1, -0.05) is 22.3 Å². The minimum atomic E-state index is -1.03. The molecule has 0 aliphatic carbocycles. The van der Waals surface area contributed by atoms with Crippen molar-refractivity contribution >= 4 is 46.7 Å². The Hall–Kier alpha value is -2.17. The second kappa shape index (κ2) is 7.73.